The monoisotopic (exact) mass is 749 g/mol. The van der Waals surface area contributed by atoms with Crippen LogP contribution >= 0.6 is 11.6 Å². The van der Waals surface area contributed by atoms with E-state index in [-0.39, 0.29) is 0 Å². The Hall–Kier alpha value is -2.38. The minimum atomic E-state index is -8.69. The molecular formula is C17H2ClF26N. The second kappa shape index (κ2) is 10.3. The van der Waals surface area contributed by atoms with Crippen LogP contribution in [0.1, 0.15) is 11.1 Å². The average Bonchev–Trinajstić information content (AvgIpc) is 2.81. The van der Waals surface area contributed by atoms with Crippen LogP contribution in [-0.2, 0) is 11.8 Å². The van der Waals surface area contributed by atoms with Gasteiger partial charge in [-0.3, -0.25) is 0 Å². The summed E-state index contributed by atoms with van der Waals surface area (Å²) in [5.74, 6) is -83.4. The minimum absolute atomic E-state index is 1.34. The summed E-state index contributed by atoms with van der Waals surface area (Å²) in [5, 5.41) is -2.77. The van der Waals surface area contributed by atoms with Gasteiger partial charge in [0, 0.05) is 11.8 Å². The zero-order chi connectivity index (χ0) is 36.9. The molecule has 0 aliphatic rings. The van der Waals surface area contributed by atoms with E-state index < -0.39 is 100 Å². The number of halogens is 27. The lowest BCUT2D eigenvalue weighted by Gasteiger charge is -2.40. The normalized spacial score (nSPS) is 16.3. The highest BCUT2D eigenvalue weighted by Crippen LogP contribution is 2.64. The number of aromatic nitrogens is 1. The summed E-state index contributed by atoms with van der Waals surface area (Å²) in [6.45, 7) is 0. The van der Waals surface area contributed by atoms with Crippen molar-refractivity contribution < 1.29 is 114 Å². The van der Waals surface area contributed by atoms with E-state index in [1.165, 1.54) is 0 Å². The number of hydrogen-bond acceptors (Lipinski definition) is 1. The van der Waals surface area contributed by atoms with Crippen molar-refractivity contribution in [2.45, 2.75) is 71.6 Å². The van der Waals surface area contributed by atoms with Gasteiger partial charge in [-0.15, -0.1) is 0 Å². The molecule has 28 heteroatoms. The molecule has 0 fully saturated rings. The molecule has 0 saturated heterocycles. The Kier molecular flexibility index (Phi) is 9.31. The van der Waals surface area contributed by atoms with E-state index in [1.54, 1.807) is 0 Å². The zero-order valence-corrected chi connectivity index (χ0v) is 20.1. The summed E-state index contributed by atoms with van der Waals surface area (Å²) in [5.41, 5.74) is -7.58. The minimum Gasteiger partial charge on any atom is -0.244 e. The molecule has 1 heterocycles. The van der Waals surface area contributed by atoms with Crippen LogP contribution in [0.25, 0.3) is 0 Å². The summed E-state index contributed by atoms with van der Waals surface area (Å²) in [6, 6.07) is -2.01. The Morgan fingerprint density at radius 1 is 0.378 bits per heavy atom. The van der Waals surface area contributed by atoms with Crippen molar-refractivity contribution in [1.82, 2.24) is 4.98 Å². The van der Waals surface area contributed by atoms with Crippen molar-refractivity contribution in [2.75, 3.05) is 0 Å². The fourth-order valence-electron chi connectivity index (χ4n) is 2.73. The van der Waals surface area contributed by atoms with Crippen LogP contribution in [0.3, 0.4) is 0 Å². The molecule has 0 aliphatic carbocycles. The van der Waals surface area contributed by atoms with Crippen LogP contribution in [0.15, 0.2) is 12.3 Å². The quantitative estimate of drug-likeness (QED) is 0.172. The lowest BCUT2D eigenvalue weighted by Crippen LogP contribution is -2.69. The number of rotatable bonds is 10. The molecule has 1 aromatic rings. The predicted molar refractivity (Wildman–Crippen MR) is 88.7 cm³/mol. The highest BCUT2D eigenvalue weighted by molar-refractivity contribution is 6.30. The smallest absolute Gasteiger partial charge is 0.244 e. The van der Waals surface area contributed by atoms with Gasteiger partial charge in [-0.05, 0) is 6.07 Å². The lowest BCUT2D eigenvalue weighted by atomic mass is 9.88. The maximum atomic E-state index is 14.3. The summed E-state index contributed by atoms with van der Waals surface area (Å²) >= 11 is 4.64. The van der Waals surface area contributed by atoms with Gasteiger partial charge in [0.05, 0.1) is 5.56 Å². The maximum Gasteiger partial charge on any atom is 0.460 e. The zero-order valence-electron chi connectivity index (χ0n) is 19.3. The molecule has 0 atom stereocenters. The van der Waals surface area contributed by atoms with Gasteiger partial charge in [-0.25, -0.2) is 4.98 Å². The molecule has 0 bridgehead atoms. The van der Waals surface area contributed by atoms with E-state index in [0.717, 1.165) is 0 Å². The number of pyridine rings is 1. The summed E-state index contributed by atoms with van der Waals surface area (Å²) in [6.07, 6.45) is -17.2. The Morgan fingerprint density at radius 3 is 0.933 bits per heavy atom. The molecule has 1 aromatic heterocycles. The van der Waals surface area contributed by atoms with Crippen LogP contribution in [0.2, 0.25) is 5.15 Å². The molecule has 0 aromatic carbocycles. The maximum absolute atomic E-state index is 14.3. The fraction of sp³-hybridized carbons (Fsp3) is 0.706. The van der Waals surface area contributed by atoms with Crippen molar-refractivity contribution >= 4 is 11.6 Å². The predicted octanol–water partition coefficient (Wildman–Crippen LogP) is 10.1. The first-order valence-corrected chi connectivity index (χ1v) is 10.1. The van der Waals surface area contributed by atoms with E-state index in [2.05, 4.69) is 11.6 Å². The number of hydrogen-bond donors (Lipinski definition) is 0. The van der Waals surface area contributed by atoms with E-state index in [9.17, 15) is 114 Å². The van der Waals surface area contributed by atoms with E-state index in [0.29, 0.717) is 0 Å². The van der Waals surface area contributed by atoms with Crippen LogP contribution in [-0.4, -0.2) is 64.7 Å². The van der Waals surface area contributed by atoms with Crippen LogP contribution < -0.4 is 0 Å². The molecule has 0 N–H and O–H groups in total. The second-order valence-electron chi connectivity index (χ2n) is 8.30. The van der Waals surface area contributed by atoms with Gasteiger partial charge >= 0.3 is 71.6 Å². The number of nitrogens with zero attached hydrogens (tertiary/aromatic N) is 1. The standard InChI is InChI=1S/C17H2ClF26N/c18-5-4(7(21,22)9(25,26)11(29,30)13(33,34)15(37,38)17(42,43)44)1-3(2-45-5)6(19,20)8(23,24)10(27,28)12(31,32)14(35,36)16(39,40)41/h1-2H. The van der Waals surface area contributed by atoms with Crippen molar-refractivity contribution in [3.63, 3.8) is 0 Å². The Balaban J connectivity index is 3.98. The Morgan fingerprint density at radius 2 is 0.644 bits per heavy atom. The summed E-state index contributed by atoms with van der Waals surface area (Å²) in [7, 11) is 0. The lowest BCUT2D eigenvalue weighted by molar-refractivity contribution is -0.442. The molecule has 0 amide bonds. The van der Waals surface area contributed by atoms with Gasteiger partial charge in [0.2, 0.25) is 0 Å². The van der Waals surface area contributed by atoms with Crippen LogP contribution in [0.5, 0.6) is 0 Å². The second-order valence-corrected chi connectivity index (χ2v) is 8.66. The first kappa shape index (κ1) is 40.6. The van der Waals surface area contributed by atoms with E-state index >= 15 is 0 Å². The molecule has 0 aliphatic heterocycles. The van der Waals surface area contributed by atoms with Gasteiger partial charge in [-0.1, -0.05) is 11.6 Å². The van der Waals surface area contributed by atoms with Crippen LogP contribution in [0.4, 0.5) is 114 Å². The molecule has 0 saturated carbocycles. The van der Waals surface area contributed by atoms with Gasteiger partial charge in [-0.2, -0.15) is 114 Å². The van der Waals surface area contributed by atoms with Crippen molar-refractivity contribution in [3.8, 4) is 0 Å². The summed E-state index contributed by atoms with van der Waals surface area (Å²) in [4.78, 5) is 1.82. The van der Waals surface area contributed by atoms with Crippen molar-refractivity contribution in [1.29, 1.82) is 0 Å². The topological polar surface area (TPSA) is 12.9 Å². The largest absolute Gasteiger partial charge is 0.460 e. The van der Waals surface area contributed by atoms with Crippen LogP contribution in [0, 0.1) is 0 Å². The SMILES string of the molecule is FC(F)(F)C(F)(F)C(F)(F)C(F)(F)C(F)(F)C(F)(F)c1cnc(Cl)c(C(F)(F)C(F)(F)C(F)(F)C(F)(F)C(F)(F)C(F)(F)F)c1. The third-order valence-corrected chi connectivity index (χ3v) is 5.71. The van der Waals surface area contributed by atoms with Gasteiger partial charge < -0.3 is 0 Å². The molecule has 0 unspecified atom stereocenters. The molecule has 1 rings (SSSR count). The Labute approximate surface area is 232 Å². The molecule has 0 radical (unpaired) electrons. The van der Waals surface area contributed by atoms with Crippen molar-refractivity contribution in [3.05, 3.63) is 28.5 Å². The molecule has 0 spiro atoms. The van der Waals surface area contributed by atoms with Gasteiger partial charge in [0.1, 0.15) is 5.15 Å². The van der Waals surface area contributed by atoms with E-state index in [4.69, 9.17) is 0 Å². The fourth-order valence-corrected chi connectivity index (χ4v) is 2.95. The third-order valence-electron chi connectivity index (χ3n) is 5.41. The summed E-state index contributed by atoms with van der Waals surface area (Å²) < 4.78 is 346. The Bertz CT molecular complexity index is 1250. The molecule has 264 valence electrons. The molecule has 45 heavy (non-hydrogen) atoms. The first-order valence-electron chi connectivity index (χ1n) is 9.70. The highest BCUT2D eigenvalue weighted by atomic mass is 35.5. The van der Waals surface area contributed by atoms with E-state index in [1.807, 2.05) is 4.98 Å². The van der Waals surface area contributed by atoms with Gasteiger partial charge in [0.15, 0.2) is 0 Å². The molecular weight excluding hydrogens is 748 g/mol. The number of alkyl halides is 26. The average molecular weight is 750 g/mol. The van der Waals surface area contributed by atoms with Gasteiger partial charge in [0.25, 0.3) is 0 Å². The first-order chi connectivity index (χ1) is 19.1. The molecule has 1 nitrogen and oxygen atoms in total. The highest BCUT2D eigenvalue weighted by Gasteiger charge is 2.92. The van der Waals surface area contributed by atoms with Crippen molar-refractivity contribution in [2.24, 2.45) is 0 Å². The third kappa shape index (κ3) is 5.15.